The molecule has 1 rings (SSSR count). The normalized spacial score (nSPS) is 11.1. The van der Waals surface area contributed by atoms with Gasteiger partial charge in [0, 0.05) is 0 Å². The Morgan fingerprint density at radius 2 is 2.32 bits per heavy atom. The first kappa shape index (κ1) is 14.8. The maximum atomic E-state index is 11.3. The Bertz CT molecular complexity index is 467. The molecule has 2 N–H and O–H groups in total. The summed E-state index contributed by atoms with van der Waals surface area (Å²) in [5.74, 6) is -0.00792. The number of nitrogens with zero attached hydrogens (tertiary/aromatic N) is 2. The first-order valence-corrected chi connectivity index (χ1v) is 5.76. The summed E-state index contributed by atoms with van der Waals surface area (Å²) in [5.41, 5.74) is 2.28. The largest absolute Gasteiger partial charge is 0.433 e. The van der Waals surface area contributed by atoms with Crippen LogP contribution >= 0.6 is 0 Å². The summed E-state index contributed by atoms with van der Waals surface area (Å²) in [6.07, 6.45) is 1.20. The summed E-state index contributed by atoms with van der Waals surface area (Å²) in [7, 11) is 0. The molecule has 0 unspecified atom stereocenters. The molecule has 8 heteroatoms. The number of amides is 1. The van der Waals surface area contributed by atoms with Gasteiger partial charge in [-0.3, -0.25) is 14.9 Å². The van der Waals surface area contributed by atoms with Crippen molar-refractivity contribution in [3.63, 3.8) is 0 Å². The van der Waals surface area contributed by atoms with Crippen LogP contribution in [-0.2, 0) is 4.79 Å². The van der Waals surface area contributed by atoms with Crippen LogP contribution in [0.25, 0.3) is 0 Å². The molecule has 1 heterocycles. The molecule has 0 saturated heterocycles. The monoisotopic (exact) mass is 268 g/mol. The van der Waals surface area contributed by atoms with E-state index in [2.05, 4.69) is 15.8 Å². The van der Waals surface area contributed by atoms with E-state index in [0.29, 0.717) is 5.92 Å². The SMILES string of the molecule is CC(C)CNCC(=O)N/N=C/c1ccc([N+](=O)[O-])o1. The average molecular weight is 268 g/mol. The van der Waals surface area contributed by atoms with Gasteiger partial charge in [0.15, 0.2) is 5.76 Å². The number of furan rings is 1. The Morgan fingerprint density at radius 3 is 2.89 bits per heavy atom. The highest BCUT2D eigenvalue weighted by Gasteiger charge is 2.10. The van der Waals surface area contributed by atoms with Crippen LogP contribution in [-0.4, -0.2) is 30.1 Å². The van der Waals surface area contributed by atoms with Crippen LogP contribution in [0.3, 0.4) is 0 Å². The van der Waals surface area contributed by atoms with Crippen molar-refractivity contribution in [3.05, 3.63) is 28.0 Å². The highest BCUT2D eigenvalue weighted by molar-refractivity contribution is 5.81. The zero-order valence-electron chi connectivity index (χ0n) is 10.8. The van der Waals surface area contributed by atoms with E-state index in [1.54, 1.807) is 0 Å². The van der Waals surface area contributed by atoms with Gasteiger partial charge < -0.3 is 9.73 Å². The molecule has 0 radical (unpaired) electrons. The quantitative estimate of drug-likeness (QED) is 0.433. The molecule has 0 aromatic carbocycles. The molecule has 0 atom stereocenters. The van der Waals surface area contributed by atoms with E-state index in [-0.39, 0.29) is 24.1 Å². The fourth-order valence-corrected chi connectivity index (χ4v) is 1.19. The van der Waals surface area contributed by atoms with Crippen molar-refractivity contribution in [2.24, 2.45) is 11.0 Å². The molecular formula is C11H16N4O4. The fourth-order valence-electron chi connectivity index (χ4n) is 1.19. The van der Waals surface area contributed by atoms with Crippen molar-refractivity contribution >= 4 is 18.0 Å². The van der Waals surface area contributed by atoms with Gasteiger partial charge in [0.05, 0.1) is 18.8 Å². The van der Waals surface area contributed by atoms with E-state index in [4.69, 9.17) is 4.42 Å². The first-order chi connectivity index (χ1) is 8.99. The van der Waals surface area contributed by atoms with E-state index in [0.717, 1.165) is 6.54 Å². The minimum atomic E-state index is -0.647. The van der Waals surface area contributed by atoms with Gasteiger partial charge in [-0.2, -0.15) is 5.10 Å². The van der Waals surface area contributed by atoms with E-state index in [1.165, 1.54) is 18.3 Å². The summed E-state index contributed by atoms with van der Waals surface area (Å²) in [4.78, 5) is 21.0. The van der Waals surface area contributed by atoms with Crippen molar-refractivity contribution in [1.82, 2.24) is 10.7 Å². The summed E-state index contributed by atoms with van der Waals surface area (Å²) in [6, 6.07) is 2.61. The molecule has 0 saturated carbocycles. The standard InChI is InChI=1S/C11H16N4O4/c1-8(2)5-12-7-10(16)14-13-6-9-3-4-11(19-9)15(17)18/h3-4,6,8,12H,5,7H2,1-2H3,(H,14,16)/b13-6+. The lowest BCUT2D eigenvalue weighted by Crippen LogP contribution is -2.32. The van der Waals surface area contributed by atoms with Crippen molar-refractivity contribution in [3.8, 4) is 0 Å². The molecule has 0 fully saturated rings. The molecule has 1 amide bonds. The van der Waals surface area contributed by atoms with Crippen molar-refractivity contribution in [1.29, 1.82) is 0 Å². The van der Waals surface area contributed by atoms with E-state index >= 15 is 0 Å². The van der Waals surface area contributed by atoms with Crippen LogP contribution in [0.4, 0.5) is 5.88 Å². The van der Waals surface area contributed by atoms with E-state index in [9.17, 15) is 14.9 Å². The second-order valence-corrected chi connectivity index (χ2v) is 4.25. The maximum absolute atomic E-state index is 11.3. The highest BCUT2D eigenvalue weighted by Crippen LogP contribution is 2.13. The first-order valence-electron chi connectivity index (χ1n) is 5.76. The van der Waals surface area contributed by atoms with Crippen LogP contribution in [0.5, 0.6) is 0 Å². The number of carbonyl (C=O) groups is 1. The molecule has 104 valence electrons. The van der Waals surface area contributed by atoms with Gasteiger partial charge in [0.25, 0.3) is 5.91 Å². The predicted molar refractivity (Wildman–Crippen MR) is 68.8 cm³/mol. The van der Waals surface area contributed by atoms with Crippen LogP contribution < -0.4 is 10.7 Å². The van der Waals surface area contributed by atoms with Crippen LogP contribution in [0.1, 0.15) is 19.6 Å². The van der Waals surface area contributed by atoms with Crippen molar-refractivity contribution in [2.75, 3.05) is 13.1 Å². The van der Waals surface area contributed by atoms with Gasteiger partial charge in [-0.05, 0) is 18.5 Å². The average Bonchev–Trinajstić information content (AvgIpc) is 2.77. The van der Waals surface area contributed by atoms with Crippen molar-refractivity contribution in [2.45, 2.75) is 13.8 Å². The third-order valence-corrected chi connectivity index (χ3v) is 2.01. The smallest absolute Gasteiger partial charge is 0.400 e. The molecule has 19 heavy (non-hydrogen) atoms. The number of hydrogen-bond donors (Lipinski definition) is 2. The number of carbonyl (C=O) groups excluding carboxylic acids is 1. The number of nitrogens with one attached hydrogen (secondary N) is 2. The Hall–Kier alpha value is -2.22. The third-order valence-electron chi connectivity index (χ3n) is 2.01. The van der Waals surface area contributed by atoms with Gasteiger partial charge in [0.1, 0.15) is 4.92 Å². The number of hydrogen-bond acceptors (Lipinski definition) is 6. The highest BCUT2D eigenvalue weighted by atomic mass is 16.6. The zero-order chi connectivity index (χ0) is 14.3. The summed E-state index contributed by atoms with van der Waals surface area (Å²) < 4.78 is 4.82. The Kier molecular flexibility index (Phi) is 5.68. The molecule has 8 nitrogen and oxygen atoms in total. The van der Waals surface area contributed by atoms with E-state index < -0.39 is 4.92 Å². The molecule has 0 aliphatic rings. The van der Waals surface area contributed by atoms with Gasteiger partial charge in [-0.25, -0.2) is 5.43 Å². The maximum Gasteiger partial charge on any atom is 0.433 e. The van der Waals surface area contributed by atoms with Crippen LogP contribution in [0.15, 0.2) is 21.7 Å². The van der Waals surface area contributed by atoms with Gasteiger partial charge in [0.2, 0.25) is 0 Å². The lowest BCUT2D eigenvalue weighted by atomic mass is 10.2. The van der Waals surface area contributed by atoms with Gasteiger partial charge in [-0.1, -0.05) is 13.8 Å². The van der Waals surface area contributed by atoms with Gasteiger partial charge >= 0.3 is 5.88 Å². The molecular weight excluding hydrogens is 252 g/mol. The minimum Gasteiger partial charge on any atom is -0.400 e. The second kappa shape index (κ2) is 7.27. The summed E-state index contributed by atoms with van der Waals surface area (Å²) in [6.45, 7) is 4.97. The molecule has 0 spiro atoms. The predicted octanol–water partition coefficient (Wildman–Crippen LogP) is 0.884. The summed E-state index contributed by atoms with van der Waals surface area (Å²) >= 11 is 0. The third kappa shape index (κ3) is 5.77. The summed E-state index contributed by atoms with van der Waals surface area (Å²) in [5, 5.41) is 16.9. The Balaban J connectivity index is 2.32. The molecule has 1 aromatic heterocycles. The van der Waals surface area contributed by atoms with Crippen molar-refractivity contribution < 1.29 is 14.1 Å². The Labute approximate surface area is 110 Å². The fraction of sp³-hybridized carbons (Fsp3) is 0.455. The molecule has 0 aliphatic heterocycles. The second-order valence-electron chi connectivity index (χ2n) is 4.25. The molecule has 1 aromatic rings. The minimum absolute atomic E-state index is 0.161. The van der Waals surface area contributed by atoms with Gasteiger partial charge in [-0.15, -0.1) is 0 Å². The topological polar surface area (TPSA) is 110 Å². The molecule has 0 bridgehead atoms. The number of nitro groups is 1. The number of rotatable bonds is 7. The van der Waals surface area contributed by atoms with Crippen LogP contribution in [0.2, 0.25) is 0 Å². The van der Waals surface area contributed by atoms with E-state index in [1.807, 2.05) is 13.8 Å². The zero-order valence-corrected chi connectivity index (χ0v) is 10.8. The lowest BCUT2D eigenvalue weighted by Gasteiger charge is -2.05. The lowest BCUT2D eigenvalue weighted by molar-refractivity contribution is -0.402. The van der Waals surface area contributed by atoms with Crippen LogP contribution in [0, 0.1) is 16.0 Å². The number of hydrazone groups is 1. The Morgan fingerprint density at radius 1 is 1.58 bits per heavy atom. The molecule has 0 aliphatic carbocycles.